The summed E-state index contributed by atoms with van der Waals surface area (Å²) in [6.45, 7) is 8.91. The number of amides is 1. The Kier molecular flexibility index (Phi) is 4.99. The number of hydrogen-bond donors (Lipinski definition) is 2. The molecule has 100 valence electrons. The third-order valence-electron chi connectivity index (χ3n) is 3.96. The summed E-state index contributed by atoms with van der Waals surface area (Å²) >= 11 is 0. The molecule has 1 amide bonds. The van der Waals surface area contributed by atoms with Crippen LogP contribution in [0.5, 0.6) is 0 Å². The molecule has 0 spiro atoms. The SMILES string of the molecule is CCC[C@H](N)C(=O)N[C@H]1CCC(C)(C)C[C@@H]1C. The van der Waals surface area contributed by atoms with Crippen molar-refractivity contribution >= 4 is 5.91 Å². The molecule has 0 aromatic carbocycles. The summed E-state index contributed by atoms with van der Waals surface area (Å²) in [6.07, 6.45) is 5.19. The van der Waals surface area contributed by atoms with Gasteiger partial charge in [-0.15, -0.1) is 0 Å². The summed E-state index contributed by atoms with van der Waals surface area (Å²) in [6, 6.07) is -0.0134. The highest BCUT2D eigenvalue weighted by Crippen LogP contribution is 2.38. The van der Waals surface area contributed by atoms with Crippen LogP contribution >= 0.6 is 0 Å². The van der Waals surface area contributed by atoms with Crippen molar-refractivity contribution in [3.63, 3.8) is 0 Å². The first-order chi connectivity index (χ1) is 7.85. The maximum Gasteiger partial charge on any atom is 0.237 e. The summed E-state index contributed by atoms with van der Waals surface area (Å²) in [5.41, 5.74) is 6.25. The van der Waals surface area contributed by atoms with E-state index in [1.54, 1.807) is 0 Å². The van der Waals surface area contributed by atoms with Crippen LogP contribution in [0.2, 0.25) is 0 Å². The van der Waals surface area contributed by atoms with Gasteiger partial charge in [-0.3, -0.25) is 4.79 Å². The fourth-order valence-electron chi connectivity index (χ4n) is 2.89. The number of carbonyl (C=O) groups is 1. The van der Waals surface area contributed by atoms with Crippen LogP contribution in [0.4, 0.5) is 0 Å². The van der Waals surface area contributed by atoms with Gasteiger partial charge in [-0.25, -0.2) is 0 Å². The number of rotatable bonds is 4. The summed E-state index contributed by atoms with van der Waals surface area (Å²) in [5, 5.41) is 3.13. The quantitative estimate of drug-likeness (QED) is 0.793. The van der Waals surface area contributed by atoms with Crippen molar-refractivity contribution in [3.8, 4) is 0 Å². The van der Waals surface area contributed by atoms with Gasteiger partial charge in [-0.05, 0) is 37.0 Å². The molecule has 1 saturated carbocycles. The van der Waals surface area contributed by atoms with Crippen molar-refractivity contribution in [2.75, 3.05) is 0 Å². The lowest BCUT2D eigenvalue weighted by molar-refractivity contribution is -0.124. The Morgan fingerprint density at radius 3 is 2.71 bits per heavy atom. The molecule has 1 aliphatic carbocycles. The fraction of sp³-hybridized carbons (Fsp3) is 0.929. The molecule has 0 aromatic heterocycles. The van der Waals surface area contributed by atoms with Gasteiger partial charge in [0.2, 0.25) is 5.91 Å². The van der Waals surface area contributed by atoms with Crippen LogP contribution in [0.15, 0.2) is 0 Å². The topological polar surface area (TPSA) is 55.1 Å². The first-order valence-electron chi connectivity index (χ1n) is 6.91. The van der Waals surface area contributed by atoms with Gasteiger partial charge in [-0.1, -0.05) is 34.1 Å². The highest BCUT2D eigenvalue weighted by Gasteiger charge is 2.33. The van der Waals surface area contributed by atoms with E-state index in [9.17, 15) is 4.79 Å². The Labute approximate surface area is 106 Å². The Bertz CT molecular complexity index is 263. The van der Waals surface area contributed by atoms with Crippen LogP contribution in [-0.4, -0.2) is 18.0 Å². The van der Waals surface area contributed by atoms with Crippen molar-refractivity contribution < 1.29 is 4.79 Å². The van der Waals surface area contributed by atoms with E-state index >= 15 is 0 Å². The van der Waals surface area contributed by atoms with E-state index < -0.39 is 0 Å². The van der Waals surface area contributed by atoms with Crippen molar-refractivity contribution in [2.45, 2.75) is 71.9 Å². The average Bonchev–Trinajstić information content (AvgIpc) is 2.21. The zero-order valence-corrected chi connectivity index (χ0v) is 11.8. The van der Waals surface area contributed by atoms with E-state index in [4.69, 9.17) is 5.73 Å². The fourth-order valence-corrected chi connectivity index (χ4v) is 2.89. The van der Waals surface area contributed by atoms with Crippen molar-refractivity contribution in [1.82, 2.24) is 5.32 Å². The minimum absolute atomic E-state index is 0.0309. The third-order valence-corrected chi connectivity index (χ3v) is 3.96. The van der Waals surface area contributed by atoms with E-state index in [0.29, 0.717) is 17.4 Å². The first-order valence-corrected chi connectivity index (χ1v) is 6.91. The van der Waals surface area contributed by atoms with E-state index in [1.165, 1.54) is 12.8 Å². The van der Waals surface area contributed by atoms with Gasteiger partial charge >= 0.3 is 0 Å². The van der Waals surface area contributed by atoms with Gasteiger partial charge in [0.25, 0.3) is 0 Å². The van der Waals surface area contributed by atoms with Crippen molar-refractivity contribution in [2.24, 2.45) is 17.1 Å². The van der Waals surface area contributed by atoms with E-state index in [1.807, 2.05) is 0 Å². The lowest BCUT2D eigenvalue weighted by Gasteiger charge is -2.39. The standard InChI is InChI=1S/C14H28N2O/c1-5-6-11(15)13(17)16-12-7-8-14(3,4)9-10(12)2/h10-12H,5-9,15H2,1-4H3,(H,16,17)/t10-,11-,12-/m0/s1. The van der Waals surface area contributed by atoms with Gasteiger partial charge in [0.15, 0.2) is 0 Å². The van der Waals surface area contributed by atoms with Gasteiger partial charge in [0.1, 0.15) is 0 Å². The first kappa shape index (κ1) is 14.5. The number of hydrogen-bond acceptors (Lipinski definition) is 2. The second-order valence-electron chi connectivity index (χ2n) is 6.39. The normalized spacial score (nSPS) is 29.7. The highest BCUT2D eigenvalue weighted by atomic mass is 16.2. The molecule has 17 heavy (non-hydrogen) atoms. The Balaban J connectivity index is 2.45. The number of nitrogens with one attached hydrogen (secondary N) is 1. The minimum Gasteiger partial charge on any atom is -0.352 e. The summed E-state index contributed by atoms with van der Waals surface area (Å²) in [7, 11) is 0. The van der Waals surface area contributed by atoms with Crippen LogP contribution < -0.4 is 11.1 Å². The molecule has 3 heteroatoms. The van der Waals surface area contributed by atoms with Gasteiger partial charge in [-0.2, -0.15) is 0 Å². The molecule has 0 aliphatic heterocycles. The van der Waals surface area contributed by atoms with E-state index in [0.717, 1.165) is 19.3 Å². The molecule has 0 bridgehead atoms. The zero-order chi connectivity index (χ0) is 13.1. The highest BCUT2D eigenvalue weighted by molar-refractivity contribution is 5.81. The number of carbonyl (C=O) groups excluding carboxylic acids is 1. The maximum absolute atomic E-state index is 11.9. The molecule has 3 N–H and O–H groups in total. The Morgan fingerprint density at radius 2 is 2.18 bits per heavy atom. The van der Waals surface area contributed by atoms with Crippen molar-refractivity contribution in [1.29, 1.82) is 0 Å². The molecule has 0 saturated heterocycles. The maximum atomic E-state index is 11.9. The minimum atomic E-state index is -0.331. The predicted octanol–water partition coefficient (Wildman–Crippen LogP) is 2.44. The van der Waals surface area contributed by atoms with Crippen molar-refractivity contribution in [3.05, 3.63) is 0 Å². The summed E-state index contributed by atoms with van der Waals surface area (Å²) in [4.78, 5) is 11.9. The molecule has 3 nitrogen and oxygen atoms in total. The molecule has 0 heterocycles. The Morgan fingerprint density at radius 1 is 1.53 bits per heavy atom. The van der Waals surface area contributed by atoms with E-state index in [-0.39, 0.29) is 11.9 Å². The summed E-state index contributed by atoms with van der Waals surface area (Å²) < 4.78 is 0. The molecule has 1 rings (SSSR count). The van der Waals surface area contributed by atoms with Crippen LogP contribution in [-0.2, 0) is 4.79 Å². The van der Waals surface area contributed by atoms with Crippen LogP contribution in [0.3, 0.4) is 0 Å². The molecular formula is C14H28N2O. The average molecular weight is 240 g/mol. The molecule has 0 radical (unpaired) electrons. The second kappa shape index (κ2) is 5.85. The zero-order valence-electron chi connectivity index (χ0n) is 11.8. The molecule has 1 aliphatic rings. The monoisotopic (exact) mass is 240 g/mol. The molecule has 1 fully saturated rings. The molecule has 0 aromatic rings. The number of nitrogens with two attached hydrogens (primary N) is 1. The third kappa shape index (κ3) is 4.30. The van der Waals surface area contributed by atoms with Gasteiger partial charge in [0.05, 0.1) is 6.04 Å². The summed E-state index contributed by atoms with van der Waals surface area (Å²) in [5.74, 6) is 0.583. The van der Waals surface area contributed by atoms with Crippen LogP contribution in [0.25, 0.3) is 0 Å². The lowest BCUT2D eigenvalue weighted by atomic mass is 9.70. The molecule has 3 atom stereocenters. The van der Waals surface area contributed by atoms with Gasteiger partial charge in [0, 0.05) is 6.04 Å². The van der Waals surface area contributed by atoms with Crippen LogP contribution in [0, 0.1) is 11.3 Å². The lowest BCUT2D eigenvalue weighted by Crippen LogP contribution is -2.50. The van der Waals surface area contributed by atoms with Crippen LogP contribution in [0.1, 0.15) is 59.8 Å². The smallest absolute Gasteiger partial charge is 0.237 e. The molecular weight excluding hydrogens is 212 g/mol. The van der Waals surface area contributed by atoms with E-state index in [2.05, 4.69) is 33.0 Å². The van der Waals surface area contributed by atoms with Gasteiger partial charge < -0.3 is 11.1 Å². The largest absolute Gasteiger partial charge is 0.352 e. The molecule has 0 unspecified atom stereocenters. The second-order valence-corrected chi connectivity index (χ2v) is 6.39. The Hall–Kier alpha value is -0.570. The predicted molar refractivity (Wildman–Crippen MR) is 71.6 cm³/mol.